The molecule has 0 saturated heterocycles. The van der Waals surface area contributed by atoms with Crippen LogP contribution in [0.2, 0.25) is 0 Å². The third-order valence-corrected chi connectivity index (χ3v) is 2.12. The van der Waals surface area contributed by atoms with Gasteiger partial charge in [-0.05, 0) is 18.6 Å². The number of methoxy groups -OCH3 is 2. The number of hydrogen-bond donors (Lipinski definition) is 1. The van der Waals surface area contributed by atoms with Gasteiger partial charge in [0.2, 0.25) is 0 Å². The van der Waals surface area contributed by atoms with Crippen molar-refractivity contribution in [1.29, 1.82) is 0 Å². The minimum Gasteiger partial charge on any atom is -0.496 e. The average molecular weight is 208 g/mol. The highest BCUT2D eigenvalue weighted by Gasteiger charge is 2.07. The standard InChI is InChI=1S/C12H16O3/c1-14-11-7-5-8-12(15-2)10(11)6-3-4-9-13/h3-5,7-8,13H,6,9H2,1-2H3/b4-3+. The highest BCUT2D eigenvalue weighted by atomic mass is 16.5. The predicted octanol–water partition coefficient (Wildman–Crippen LogP) is 1.79. The van der Waals surface area contributed by atoms with Gasteiger partial charge in [-0.3, -0.25) is 0 Å². The van der Waals surface area contributed by atoms with Gasteiger partial charge in [0.25, 0.3) is 0 Å². The monoisotopic (exact) mass is 208 g/mol. The molecule has 3 heteroatoms. The fourth-order valence-electron chi connectivity index (χ4n) is 1.40. The van der Waals surface area contributed by atoms with Gasteiger partial charge >= 0.3 is 0 Å². The molecule has 1 rings (SSSR count). The quantitative estimate of drug-likeness (QED) is 0.750. The molecule has 1 aromatic carbocycles. The van der Waals surface area contributed by atoms with Crippen molar-refractivity contribution in [3.63, 3.8) is 0 Å². The Morgan fingerprint density at radius 2 is 1.73 bits per heavy atom. The van der Waals surface area contributed by atoms with Crippen molar-refractivity contribution in [2.45, 2.75) is 6.42 Å². The molecule has 3 nitrogen and oxygen atoms in total. The van der Waals surface area contributed by atoms with Gasteiger partial charge in [0, 0.05) is 5.56 Å². The fourth-order valence-corrected chi connectivity index (χ4v) is 1.40. The van der Waals surface area contributed by atoms with Crippen LogP contribution in [0, 0.1) is 0 Å². The summed E-state index contributed by atoms with van der Waals surface area (Å²) in [4.78, 5) is 0. The van der Waals surface area contributed by atoms with E-state index in [4.69, 9.17) is 14.6 Å². The Morgan fingerprint density at radius 3 is 2.20 bits per heavy atom. The van der Waals surface area contributed by atoms with Gasteiger partial charge in [0.05, 0.1) is 20.8 Å². The Labute approximate surface area is 90.0 Å². The van der Waals surface area contributed by atoms with Crippen molar-refractivity contribution in [1.82, 2.24) is 0 Å². The first-order valence-electron chi connectivity index (χ1n) is 4.79. The normalized spacial score (nSPS) is 10.6. The summed E-state index contributed by atoms with van der Waals surface area (Å²) < 4.78 is 10.5. The highest BCUT2D eigenvalue weighted by molar-refractivity contribution is 5.45. The molecule has 0 aromatic heterocycles. The van der Waals surface area contributed by atoms with E-state index in [0.29, 0.717) is 6.42 Å². The van der Waals surface area contributed by atoms with E-state index in [-0.39, 0.29) is 6.61 Å². The van der Waals surface area contributed by atoms with E-state index in [0.717, 1.165) is 17.1 Å². The van der Waals surface area contributed by atoms with Gasteiger partial charge in [-0.2, -0.15) is 0 Å². The van der Waals surface area contributed by atoms with E-state index >= 15 is 0 Å². The Hall–Kier alpha value is -1.48. The zero-order valence-corrected chi connectivity index (χ0v) is 9.06. The summed E-state index contributed by atoms with van der Waals surface area (Å²) in [5.41, 5.74) is 0.993. The summed E-state index contributed by atoms with van der Waals surface area (Å²) in [6, 6.07) is 5.67. The lowest BCUT2D eigenvalue weighted by atomic mass is 10.1. The van der Waals surface area contributed by atoms with Gasteiger partial charge in [-0.25, -0.2) is 0 Å². The molecule has 1 N–H and O–H groups in total. The van der Waals surface area contributed by atoms with Gasteiger partial charge in [0.1, 0.15) is 11.5 Å². The summed E-state index contributed by atoms with van der Waals surface area (Å²) in [7, 11) is 3.27. The lowest BCUT2D eigenvalue weighted by Crippen LogP contribution is -1.95. The molecule has 0 amide bonds. The second-order valence-electron chi connectivity index (χ2n) is 3.00. The molecule has 0 atom stereocenters. The molecule has 0 unspecified atom stereocenters. The number of aliphatic hydroxyl groups excluding tert-OH is 1. The second kappa shape index (κ2) is 6.09. The maximum Gasteiger partial charge on any atom is 0.126 e. The molecule has 15 heavy (non-hydrogen) atoms. The first kappa shape index (κ1) is 11.6. The molecule has 0 radical (unpaired) electrons. The van der Waals surface area contributed by atoms with Crippen LogP contribution >= 0.6 is 0 Å². The molecule has 0 fully saturated rings. The van der Waals surface area contributed by atoms with Crippen LogP contribution in [0.1, 0.15) is 5.56 Å². The first-order chi connectivity index (χ1) is 7.33. The van der Waals surface area contributed by atoms with Gasteiger partial charge in [0.15, 0.2) is 0 Å². The Kier molecular flexibility index (Phi) is 4.71. The number of rotatable bonds is 5. The van der Waals surface area contributed by atoms with Gasteiger partial charge in [-0.15, -0.1) is 0 Å². The minimum atomic E-state index is 0.0530. The van der Waals surface area contributed by atoms with Crippen molar-refractivity contribution >= 4 is 0 Å². The maximum atomic E-state index is 8.65. The molecular formula is C12H16O3. The van der Waals surface area contributed by atoms with E-state index in [1.807, 2.05) is 24.3 Å². The van der Waals surface area contributed by atoms with Crippen molar-refractivity contribution < 1.29 is 14.6 Å². The summed E-state index contributed by atoms with van der Waals surface area (Å²) in [5, 5.41) is 8.65. The topological polar surface area (TPSA) is 38.7 Å². The lowest BCUT2D eigenvalue weighted by Gasteiger charge is -2.10. The number of aliphatic hydroxyl groups is 1. The molecule has 0 aliphatic heterocycles. The zero-order chi connectivity index (χ0) is 11.1. The van der Waals surface area contributed by atoms with E-state index in [1.54, 1.807) is 20.3 Å². The average Bonchev–Trinajstić information content (AvgIpc) is 2.29. The SMILES string of the molecule is COc1cccc(OC)c1C/C=C/CO. The smallest absolute Gasteiger partial charge is 0.126 e. The fraction of sp³-hybridized carbons (Fsp3) is 0.333. The molecule has 1 aromatic rings. The number of allylic oxidation sites excluding steroid dienone is 1. The van der Waals surface area contributed by atoms with Crippen LogP contribution in [0.5, 0.6) is 11.5 Å². The molecular weight excluding hydrogens is 192 g/mol. The first-order valence-corrected chi connectivity index (χ1v) is 4.79. The van der Waals surface area contributed by atoms with Crippen molar-refractivity contribution in [3.05, 3.63) is 35.9 Å². The molecule has 0 spiro atoms. The molecule has 0 aliphatic rings. The molecule has 0 bridgehead atoms. The predicted molar refractivity (Wildman–Crippen MR) is 59.5 cm³/mol. The third kappa shape index (κ3) is 2.99. The van der Waals surface area contributed by atoms with Crippen LogP contribution in [0.25, 0.3) is 0 Å². The second-order valence-corrected chi connectivity index (χ2v) is 3.00. The number of ether oxygens (including phenoxy) is 2. The highest BCUT2D eigenvalue weighted by Crippen LogP contribution is 2.28. The van der Waals surface area contributed by atoms with E-state index in [2.05, 4.69) is 0 Å². The van der Waals surface area contributed by atoms with Crippen LogP contribution in [-0.2, 0) is 6.42 Å². The number of benzene rings is 1. The van der Waals surface area contributed by atoms with E-state index in [1.165, 1.54) is 0 Å². The van der Waals surface area contributed by atoms with Crippen molar-refractivity contribution in [3.8, 4) is 11.5 Å². The van der Waals surface area contributed by atoms with E-state index in [9.17, 15) is 0 Å². The zero-order valence-electron chi connectivity index (χ0n) is 9.06. The molecule has 0 heterocycles. The van der Waals surface area contributed by atoms with Crippen molar-refractivity contribution in [2.24, 2.45) is 0 Å². The van der Waals surface area contributed by atoms with Crippen molar-refractivity contribution in [2.75, 3.05) is 20.8 Å². The Morgan fingerprint density at radius 1 is 1.13 bits per heavy atom. The largest absolute Gasteiger partial charge is 0.496 e. The Balaban J connectivity index is 2.94. The van der Waals surface area contributed by atoms with Crippen LogP contribution in [0.3, 0.4) is 0 Å². The summed E-state index contributed by atoms with van der Waals surface area (Å²) in [5.74, 6) is 1.61. The van der Waals surface area contributed by atoms with E-state index < -0.39 is 0 Å². The van der Waals surface area contributed by atoms with Crippen LogP contribution in [-0.4, -0.2) is 25.9 Å². The maximum absolute atomic E-state index is 8.65. The van der Waals surface area contributed by atoms with Crippen LogP contribution < -0.4 is 9.47 Å². The molecule has 0 aliphatic carbocycles. The third-order valence-electron chi connectivity index (χ3n) is 2.12. The molecule has 82 valence electrons. The molecule has 0 saturated carbocycles. The van der Waals surface area contributed by atoms with Gasteiger partial charge in [-0.1, -0.05) is 18.2 Å². The van der Waals surface area contributed by atoms with Gasteiger partial charge < -0.3 is 14.6 Å². The Bertz CT molecular complexity index is 309. The summed E-state index contributed by atoms with van der Waals surface area (Å²) in [6.07, 6.45) is 4.28. The number of hydrogen-bond acceptors (Lipinski definition) is 3. The van der Waals surface area contributed by atoms with Crippen LogP contribution in [0.4, 0.5) is 0 Å². The summed E-state index contributed by atoms with van der Waals surface area (Å²) in [6.45, 7) is 0.0530. The minimum absolute atomic E-state index is 0.0530. The summed E-state index contributed by atoms with van der Waals surface area (Å²) >= 11 is 0. The van der Waals surface area contributed by atoms with Crippen LogP contribution in [0.15, 0.2) is 30.4 Å². The lowest BCUT2D eigenvalue weighted by molar-refractivity contribution is 0.342.